The molecular weight excluding hydrogens is 402 g/mol. The van der Waals surface area contributed by atoms with Crippen LogP contribution in [-0.2, 0) is 17.8 Å². The molecule has 1 aromatic carbocycles. The van der Waals surface area contributed by atoms with Crippen LogP contribution in [0.4, 0.5) is 0 Å². The Balaban J connectivity index is 1.83. The van der Waals surface area contributed by atoms with Crippen LogP contribution in [0, 0.1) is 0 Å². The lowest BCUT2D eigenvalue weighted by atomic mass is 10.1. The molecule has 0 bridgehead atoms. The first-order chi connectivity index (χ1) is 14.6. The van der Waals surface area contributed by atoms with Crippen molar-refractivity contribution >= 4 is 27.5 Å². The molecule has 2 N–H and O–H groups in total. The van der Waals surface area contributed by atoms with Crippen LogP contribution in [0.15, 0.2) is 57.3 Å². The number of fused-ring (bicyclic) bond motifs is 1. The average molecular weight is 423 g/mol. The van der Waals surface area contributed by atoms with Crippen molar-refractivity contribution in [3.8, 4) is 17.1 Å². The van der Waals surface area contributed by atoms with Gasteiger partial charge in [-0.25, -0.2) is 4.98 Å². The number of hydrogen-bond donors (Lipinski definition) is 1. The summed E-state index contributed by atoms with van der Waals surface area (Å²) in [5.41, 5.74) is 6.79. The van der Waals surface area contributed by atoms with Gasteiger partial charge in [-0.05, 0) is 24.6 Å². The van der Waals surface area contributed by atoms with Crippen molar-refractivity contribution in [1.82, 2.24) is 9.55 Å². The molecule has 0 spiro atoms. The monoisotopic (exact) mass is 423 g/mol. The number of para-hydroxylation sites is 1. The molecule has 30 heavy (non-hydrogen) atoms. The normalized spacial score (nSPS) is 11.1. The van der Waals surface area contributed by atoms with Gasteiger partial charge in [0.1, 0.15) is 22.2 Å². The Morgan fingerprint density at radius 1 is 1.27 bits per heavy atom. The Morgan fingerprint density at radius 3 is 2.83 bits per heavy atom. The minimum atomic E-state index is -0.393. The molecule has 0 fully saturated rings. The van der Waals surface area contributed by atoms with Crippen LogP contribution in [-0.4, -0.2) is 22.6 Å². The van der Waals surface area contributed by atoms with E-state index in [9.17, 15) is 9.59 Å². The van der Waals surface area contributed by atoms with E-state index in [0.29, 0.717) is 41.2 Å². The van der Waals surface area contributed by atoms with Crippen LogP contribution in [0.3, 0.4) is 0 Å². The summed E-state index contributed by atoms with van der Waals surface area (Å²) in [4.78, 5) is 30.2. The molecule has 0 atom stereocenters. The lowest BCUT2D eigenvalue weighted by Gasteiger charge is -2.14. The number of methoxy groups -OCH3 is 1. The highest BCUT2D eigenvalue weighted by atomic mass is 32.1. The molecule has 7 nitrogen and oxygen atoms in total. The first-order valence-electron chi connectivity index (χ1n) is 9.53. The van der Waals surface area contributed by atoms with Crippen LogP contribution in [0.25, 0.3) is 21.5 Å². The summed E-state index contributed by atoms with van der Waals surface area (Å²) in [7, 11) is 1.62. The Morgan fingerprint density at radius 2 is 2.10 bits per heavy atom. The van der Waals surface area contributed by atoms with Gasteiger partial charge in [-0.2, -0.15) is 0 Å². The number of nitrogens with two attached hydrogens (primary N) is 1. The summed E-state index contributed by atoms with van der Waals surface area (Å²) in [6, 6.07) is 11.3. The maximum Gasteiger partial charge on any atom is 0.263 e. The van der Waals surface area contributed by atoms with E-state index in [0.717, 1.165) is 16.9 Å². The molecule has 8 heteroatoms. The highest BCUT2D eigenvalue weighted by molar-refractivity contribution is 7.17. The number of thiophene rings is 1. The van der Waals surface area contributed by atoms with Crippen molar-refractivity contribution in [3.63, 3.8) is 0 Å². The summed E-state index contributed by atoms with van der Waals surface area (Å²) in [5.74, 6) is 1.59. The fourth-order valence-electron chi connectivity index (χ4n) is 3.48. The van der Waals surface area contributed by atoms with E-state index in [1.54, 1.807) is 24.0 Å². The number of hydrogen-bond acceptors (Lipinski definition) is 6. The quantitative estimate of drug-likeness (QED) is 0.467. The van der Waals surface area contributed by atoms with Gasteiger partial charge in [0, 0.05) is 35.9 Å². The molecule has 0 radical (unpaired) electrons. The van der Waals surface area contributed by atoms with Gasteiger partial charge in [0.05, 0.1) is 18.8 Å². The second kappa shape index (κ2) is 8.54. The van der Waals surface area contributed by atoms with Crippen LogP contribution in [0.2, 0.25) is 0 Å². The summed E-state index contributed by atoms with van der Waals surface area (Å²) in [6.07, 6.45) is 2.67. The fraction of sp³-hybridized carbons (Fsp3) is 0.227. The van der Waals surface area contributed by atoms with Gasteiger partial charge in [0.25, 0.3) is 5.56 Å². The van der Waals surface area contributed by atoms with Gasteiger partial charge in [0.2, 0.25) is 5.91 Å². The Bertz CT molecular complexity index is 1240. The predicted molar refractivity (Wildman–Crippen MR) is 116 cm³/mol. The Labute approximate surface area is 176 Å². The molecule has 0 saturated heterocycles. The topological polar surface area (TPSA) is 100 Å². The van der Waals surface area contributed by atoms with Crippen LogP contribution >= 0.6 is 11.3 Å². The van der Waals surface area contributed by atoms with E-state index in [4.69, 9.17) is 19.9 Å². The van der Waals surface area contributed by atoms with Gasteiger partial charge in [-0.1, -0.05) is 18.2 Å². The van der Waals surface area contributed by atoms with E-state index >= 15 is 0 Å². The summed E-state index contributed by atoms with van der Waals surface area (Å²) in [5, 5.41) is 2.41. The lowest BCUT2D eigenvalue weighted by molar-refractivity contribution is -0.118. The van der Waals surface area contributed by atoms with E-state index < -0.39 is 5.91 Å². The number of ether oxygens (including phenoxy) is 1. The van der Waals surface area contributed by atoms with Crippen molar-refractivity contribution in [2.24, 2.45) is 5.73 Å². The molecule has 0 aliphatic rings. The molecular formula is C22H21N3O4S. The maximum atomic E-state index is 13.5. The summed E-state index contributed by atoms with van der Waals surface area (Å²) in [6.45, 7) is 0.350. The van der Waals surface area contributed by atoms with Gasteiger partial charge >= 0.3 is 0 Å². The van der Waals surface area contributed by atoms with Gasteiger partial charge in [0.15, 0.2) is 0 Å². The number of benzene rings is 1. The molecule has 3 heterocycles. The largest absolute Gasteiger partial charge is 0.496 e. The Hall–Kier alpha value is -3.39. The molecule has 3 aromatic heterocycles. The standard InChI is InChI=1S/C22H21N3O4S/c1-28-16-7-3-2-6-14(16)12-19-24-21-20(15(13-30-21)17-8-5-11-29-17)22(27)25(19)10-4-9-18(23)26/h2-3,5-8,11,13H,4,9-10,12H2,1H3,(H2,23,26). The number of carbonyl (C=O) groups is 1. The average Bonchev–Trinajstić information content (AvgIpc) is 3.40. The Kier molecular flexibility index (Phi) is 5.67. The third-order valence-electron chi connectivity index (χ3n) is 4.91. The lowest BCUT2D eigenvalue weighted by Crippen LogP contribution is -2.26. The SMILES string of the molecule is COc1ccccc1Cc1nc2scc(-c3ccco3)c2c(=O)n1CCCC(N)=O. The summed E-state index contributed by atoms with van der Waals surface area (Å²) >= 11 is 1.41. The number of furan rings is 1. The number of nitrogens with zero attached hydrogens (tertiary/aromatic N) is 2. The number of rotatable bonds is 8. The maximum absolute atomic E-state index is 13.5. The van der Waals surface area contributed by atoms with Gasteiger partial charge < -0.3 is 14.9 Å². The molecule has 4 aromatic rings. The number of carbonyl (C=O) groups excluding carboxylic acids is 1. The predicted octanol–water partition coefficient (Wildman–Crippen LogP) is 3.58. The highest BCUT2D eigenvalue weighted by Gasteiger charge is 2.19. The van der Waals surface area contributed by atoms with E-state index in [1.807, 2.05) is 35.7 Å². The summed E-state index contributed by atoms with van der Waals surface area (Å²) < 4.78 is 12.6. The van der Waals surface area contributed by atoms with Crippen molar-refractivity contribution in [2.75, 3.05) is 7.11 Å². The first kappa shape index (κ1) is 19.9. The van der Waals surface area contributed by atoms with Crippen LogP contribution < -0.4 is 16.0 Å². The van der Waals surface area contributed by atoms with Gasteiger partial charge in [-0.15, -0.1) is 11.3 Å². The van der Waals surface area contributed by atoms with Crippen molar-refractivity contribution in [2.45, 2.75) is 25.8 Å². The van der Waals surface area contributed by atoms with Crippen molar-refractivity contribution in [3.05, 3.63) is 69.8 Å². The minimum absolute atomic E-state index is 0.151. The molecule has 0 unspecified atom stereocenters. The number of amides is 1. The molecule has 1 amide bonds. The molecule has 0 saturated carbocycles. The van der Waals surface area contributed by atoms with E-state index in [2.05, 4.69) is 0 Å². The van der Waals surface area contributed by atoms with E-state index in [1.165, 1.54) is 11.3 Å². The van der Waals surface area contributed by atoms with Crippen LogP contribution in [0.1, 0.15) is 24.2 Å². The second-order valence-electron chi connectivity index (χ2n) is 6.85. The zero-order valence-corrected chi connectivity index (χ0v) is 17.3. The van der Waals surface area contributed by atoms with Crippen LogP contribution in [0.5, 0.6) is 5.75 Å². The number of primary amides is 1. The fourth-order valence-corrected chi connectivity index (χ4v) is 4.41. The zero-order valence-electron chi connectivity index (χ0n) is 16.5. The highest BCUT2D eigenvalue weighted by Crippen LogP contribution is 2.32. The van der Waals surface area contributed by atoms with Crippen molar-refractivity contribution in [1.29, 1.82) is 0 Å². The number of aromatic nitrogens is 2. The molecule has 0 aliphatic heterocycles. The smallest absolute Gasteiger partial charge is 0.263 e. The molecule has 0 aliphatic carbocycles. The van der Waals surface area contributed by atoms with E-state index in [-0.39, 0.29) is 12.0 Å². The molecule has 4 rings (SSSR count). The first-order valence-corrected chi connectivity index (χ1v) is 10.4. The third-order valence-corrected chi connectivity index (χ3v) is 5.78. The molecule has 154 valence electrons. The third kappa shape index (κ3) is 3.86. The minimum Gasteiger partial charge on any atom is -0.496 e. The van der Waals surface area contributed by atoms with Gasteiger partial charge in [-0.3, -0.25) is 14.2 Å². The van der Waals surface area contributed by atoms with Crippen molar-refractivity contribution < 1.29 is 13.9 Å². The zero-order chi connectivity index (χ0) is 21.1. The second-order valence-corrected chi connectivity index (χ2v) is 7.71.